The second kappa shape index (κ2) is 8.56. The summed E-state index contributed by atoms with van der Waals surface area (Å²) >= 11 is 0. The second-order valence-corrected chi connectivity index (χ2v) is 6.24. The fourth-order valence-corrected chi connectivity index (χ4v) is 2.72. The van der Waals surface area contributed by atoms with Gasteiger partial charge in [0.2, 0.25) is 0 Å². The van der Waals surface area contributed by atoms with Crippen LogP contribution in [0.1, 0.15) is 72.1 Å². The van der Waals surface area contributed by atoms with E-state index in [2.05, 4.69) is 39.5 Å². The van der Waals surface area contributed by atoms with E-state index in [1.165, 1.54) is 44.1 Å². The van der Waals surface area contributed by atoms with Gasteiger partial charge in [0.15, 0.2) is 0 Å². The van der Waals surface area contributed by atoms with Crippen molar-refractivity contribution >= 4 is 0 Å². The van der Waals surface area contributed by atoms with Crippen molar-refractivity contribution in [2.75, 3.05) is 0 Å². The zero-order chi connectivity index (χ0) is 13.4. The molecule has 18 heavy (non-hydrogen) atoms. The lowest BCUT2D eigenvalue weighted by Crippen LogP contribution is -2.12. The van der Waals surface area contributed by atoms with Crippen molar-refractivity contribution in [2.24, 2.45) is 11.8 Å². The summed E-state index contributed by atoms with van der Waals surface area (Å²) in [4.78, 5) is 0. The van der Waals surface area contributed by atoms with E-state index in [1.54, 1.807) is 5.92 Å². The molecule has 0 radical (unpaired) electrons. The van der Waals surface area contributed by atoms with E-state index in [9.17, 15) is 0 Å². The monoisotopic (exact) mass is 247 g/mol. The summed E-state index contributed by atoms with van der Waals surface area (Å²) < 4.78 is 0. The predicted molar refractivity (Wildman–Crippen MR) is 82.5 cm³/mol. The number of rotatable bonds is 7. The summed E-state index contributed by atoms with van der Waals surface area (Å²) in [6.45, 7) is 10.9. The first kappa shape index (κ1) is 15.5. The number of hydrogen-bond acceptors (Lipinski definition) is 0. The third-order valence-electron chi connectivity index (χ3n) is 4.39. The molecule has 0 N–H and O–H groups in total. The first-order chi connectivity index (χ1) is 8.61. The number of allylic oxidation sites excluding steroid dienone is 3. The largest absolute Gasteiger partial charge is 0.313 e. The van der Waals surface area contributed by atoms with E-state index < -0.39 is 0 Å². The van der Waals surface area contributed by atoms with Gasteiger partial charge in [0, 0.05) is 0 Å². The minimum atomic E-state index is 0.981. The van der Waals surface area contributed by atoms with Gasteiger partial charge in [0.1, 0.15) is 0 Å². The Morgan fingerprint density at radius 2 is 1.94 bits per heavy atom. The van der Waals surface area contributed by atoms with Gasteiger partial charge in [-0.25, -0.2) is 0 Å². The van der Waals surface area contributed by atoms with Crippen LogP contribution in [0.5, 0.6) is 0 Å². The summed E-state index contributed by atoms with van der Waals surface area (Å²) in [6.07, 6.45) is 15.3. The zero-order valence-corrected chi connectivity index (χ0v) is 12.7. The Hall–Kier alpha value is -0.520. The van der Waals surface area contributed by atoms with Gasteiger partial charge < -0.3 is 5.92 Å². The van der Waals surface area contributed by atoms with Gasteiger partial charge >= 0.3 is 0 Å². The lowest BCUT2D eigenvalue weighted by Gasteiger charge is -2.30. The third-order valence-corrected chi connectivity index (χ3v) is 4.39. The standard InChI is InChI=1S/C18H31/c1-5-15(2)7-6-8-16(3)9-12-18-13-10-17(4)11-14-18/h6-7,17-18H,2,5,8-14H2,1,3-4H3/q-1/b7-6+. The lowest BCUT2D eigenvalue weighted by atomic mass is 9.79. The highest BCUT2D eigenvalue weighted by atomic mass is 14.2. The molecule has 0 aromatic rings. The second-order valence-electron chi connectivity index (χ2n) is 6.24. The Labute approximate surface area is 115 Å². The molecule has 1 rings (SSSR count). The van der Waals surface area contributed by atoms with Gasteiger partial charge in [-0.1, -0.05) is 64.2 Å². The Morgan fingerprint density at radius 3 is 2.56 bits per heavy atom. The Balaban J connectivity index is 2.11. The quantitative estimate of drug-likeness (QED) is 0.376. The molecular weight excluding hydrogens is 216 g/mol. The first-order valence-electron chi connectivity index (χ1n) is 7.77. The summed E-state index contributed by atoms with van der Waals surface area (Å²) in [5, 5.41) is 0. The highest BCUT2D eigenvalue weighted by Gasteiger charge is 2.16. The van der Waals surface area contributed by atoms with E-state index in [0.717, 1.165) is 24.7 Å². The maximum atomic E-state index is 4.00. The van der Waals surface area contributed by atoms with Crippen molar-refractivity contribution in [1.82, 2.24) is 0 Å². The van der Waals surface area contributed by atoms with Crippen LogP contribution in [0, 0.1) is 17.8 Å². The zero-order valence-electron chi connectivity index (χ0n) is 12.7. The third kappa shape index (κ3) is 6.42. The molecule has 104 valence electrons. The van der Waals surface area contributed by atoms with Crippen LogP contribution in [-0.2, 0) is 0 Å². The van der Waals surface area contributed by atoms with Crippen molar-refractivity contribution in [2.45, 2.75) is 72.1 Å². The van der Waals surface area contributed by atoms with Gasteiger partial charge in [-0.3, -0.25) is 0 Å². The van der Waals surface area contributed by atoms with Crippen molar-refractivity contribution in [3.63, 3.8) is 0 Å². The van der Waals surface area contributed by atoms with E-state index >= 15 is 0 Å². The summed E-state index contributed by atoms with van der Waals surface area (Å²) in [6, 6.07) is 0. The van der Waals surface area contributed by atoms with Crippen LogP contribution < -0.4 is 0 Å². The fraction of sp³-hybridized carbons (Fsp3) is 0.722. The normalized spacial score (nSPS) is 24.9. The van der Waals surface area contributed by atoms with Crippen LogP contribution in [0.4, 0.5) is 0 Å². The number of hydrogen-bond donors (Lipinski definition) is 0. The highest BCUT2D eigenvalue weighted by Crippen LogP contribution is 2.32. The fourth-order valence-electron chi connectivity index (χ4n) is 2.72. The van der Waals surface area contributed by atoms with Crippen LogP contribution in [0.2, 0.25) is 0 Å². The summed E-state index contributed by atoms with van der Waals surface area (Å²) in [5.74, 6) is 3.62. The summed E-state index contributed by atoms with van der Waals surface area (Å²) in [7, 11) is 0. The van der Waals surface area contributed by atoms with Gasteiger partial charge in [0.05, 0.1) is 0 Å². The molecular formula is C18H31-. The Kier molecular flexibility index (Phi) is 7.39. The van der Waals surface area contributed by atoms with Crippen molar-refractivity contribution in [3.05, 3.63) is 30.2 Å². The molecule has 0 amide bonds. The molecule has 0 heterocycles. The minimum Gasteiger partial charge on any atom is -0.313 e. The first-order valence-corrected chi connectivity index (χ1v) is 7.77. The molecule has 0 atom stereocenters. The molecule has 0 bridgehead atoms. The highest BCUT2D eigenvalue weighted by molar-refractivity contribution is 5.14. The van der Waals surface area contributed by atoms with Gasteiger partial charge in [-0.15, -0.1) is 6.08 Å². The molecule has 0 nitrogen and oxygen atoms in total. The maximum absolute atomic E-state index is 4.00. The topological polar surface area (TPSA) is 0 Å². The van der Waals surface area contributed by atoms with Crippen LogP contribution >= 0.6 is 0 Å². The Morgan fingerprint density at radius 1 is 1.28 bits per heavy atom. The molecule has 0 aliphatic heterocycles. The van der Waals surface area contributed by atoms with E-state index in [-0.39, 0.29) is 0 Å². The van der Waals surface area contributed by atoms with Crippen LogP contribution in [-0.4, -0.2) is 0 Å². The molecule has 0 aromatic heterocycles. The molecule has 1 fully saturated rings. The van der Waals surface area contributed by atoms with Crippen LogP contribution in [0.15, 0.2) is 24.3 Å². The van der Waals surface area contributed by atoms with E-state index in [1.807, 2.05) is 0 Å². The molecule has 0 heteroatoms. The molecule has 0 unspecified atom stereocenters. The predicted octanol–water partition coefficient (Wildman–Crippen LogP) is 6.10. The maximum Gasteiger partial charge on any atom is -0.0313 e. The van der Waals surface area contributed by atoms with Crippen molar-refractivity contribution in [1.29, 1.82) is 0 Å². The molecule has 1 aliphatic carbocycles. The average molecular weight is 247 g/mol. The van der Waals surface area contributed by atoms with Gasteiger partial charge in [-0.2, -0.15) is 19.8 Å². The average Bonchev–Trinajstić information content (AvgIpc) is 2.38. The molecule has 0 spiro atoms. The smallest absolute Gasteiger partial charge is 0.0313 e. The lowest BCUT2D eigenvalue weighted by molar-refractivity contribution is 0.275. The van der Waals surface area contributed by atoms with Crippen molar-refractivity contribution in [3.8, 4) is 0 Å². The van der Waals surface area contributed by atoms with Crippen LogP contribution in [0.25, 0.3) is 0 Å². The molecule has 0 aromatic carbocycles. The molecule has 1 aliphatic rings. The molecule has 0 saturated heterocycles. The van der Waals surface area contributed by atoms with E-state index in [4.69, 9.17) is 0 Å². The Bertz CT molecular complexity index is 253. The summed E-state index contributed by atoms with van der Waals surface area (Å²) in [5.41, 5.74) is 1.24. The molecule has 1 saturated carbocycles. The SMILES string of the molecule is C=C(/C=C/C[C-](C)CCC1CCC(C)CC1)CC. The van der Waals surface area contributed by atoms with Crippen molar-refractivity contribution < 1.29 is 0 Å². The van der Waals surface area contributed by atoms with Gasteiger partial charge in [-0.05, 0) is 18.3 Å². The van der Waals surface area contributed by atoms with Crippen LogP contribution in [0.3, 0.4) is 0 Å². The van der Waals surface area contributed by atoms with E-state index in [0.29, 0.717) is 0 Å². The van der Waals surface area contributed by atoms with Gasteiger partial charge in [0.25, 0.3) is 0 Å². The minimum absolute atomic E-state index is 0.981.